The van der Waals surface area contributed by atoms with E-state index in [0.29, 0.717) is 6.07 Å². The summed E-state index contributed by atoms with van der Waals surface area (Å²) in [6.07, 6.45) is 2.38. The van der Waals surface area contributed by atoms with Crippen LogP contribution in [0.3, 0.4) is 0 Å². The molecule has 23 heavy (non-hydrogen) atoms. The van der Waals surface area contributed by atoms with Crippen LogP contribution in [-0.2, 0) is 12.5 Å². The Kier molecular flexibility index (Phi) is 4.07. The summed E-state index contributed by atoms with van der Waals surface area (Å²) < 4.78 is 57.8. The van der Waals surface area contributed by atoms with E-state index in [1.807, 2.05) is 0 Å². The lowest BCUT2D eigenvalue weighted by Crippen LogP contribution is -2.29. The molecule has 0 aliphatic heterocycles. The van der Waals surface area contributed by atoms with Gasteiger partial charge in [0.1, 0.15) is 18.0 Å². The summed E-state index contributed by atoms with van der Waals surface area (Å²) in [7, 11) is 0. The third-order valence-corrected chi connectivity index (χ3v) is 4.11. The average Bonchev–Trinajstić information content (AvgIpc) is 3.19. The highest BCUT2D eigenvalue weighted by Crippen LogP contribution is 2.44. The van der Waals surface area contributed by atoms with Crippen molar-refractivity contribution in [2.45, 2.75) is 18.4 Å². The molecule has 0 amide bonds. The van der Waals surface area contributed by atoms with Crippen LogP contribution in [0.25, 0.3) is 0 Å². The SMILES string of the molecule is Fc1ccc(C(Cn2cnnn2)C(F)(F)c2nccs2)c(F)c1. The van der Waals surface area contributed by atoms with Gasteiger partial charge in [0.15, 0.2) is 5.01 Å². The summed E-state index contributed by atoms with van der Waals surface area (Å²) in [5.74, 6) is -7.01. The zero-order chi connectivity index (χ0) is 16.4. The summed E-state index contributed by atoms with van der Waals surface area (Å²) in [6, 6.07) is 2.50. The molecule has 0 aliphatic rings. The normalized spacial score (nSPS) is 13.2. The van der Waals surface area contributed by atoms with Gasteiger partial charge < -0.3 is 0 Å². The minimum absolute atomic E-state index is 0.331. The van der Waals surface area contributed by atoms with Gasteiger partial charge in [0, 0.05) is 17.6 Å². The smallest absolute Gasteiger partial charge is 0.243 e. The summed E-state index contributed by atoms with van der Waals surface area (Å²) in [4.78, 5) is 3.62. The lowest BCUT2D eigenvalue weighted by atomic mass is 9.92. The number of hydrogen-bond acceptors (Lipinski definition) is 5. The molecule has 3 aromatic rings. The third-order valence-electron chi connectivity index (χ3n) is 3.25. The first-order chi connectivity index (χ1) is 11.0. The lowest BCUT2D eigenvalue weighted by Gasteiger charge is -2.25. The van der Waals surface area contributed by atoms with Gasteiger partial charge in [0.05, 0.1) is 12.5 Å². The molecule has 5 nitrogen and oxygen atoms in total. The predicted octanol–water partition coefficient (Wildman–Crippen LogP) is 2.98. The first kappa shape index (κ1) is 15.5. The third kappa shape index (κ3) is 3.07. The molecule has 0 N–H and O–H groups in total. The summed E-state index contributed by atoms with van der Waals surface area (Å²) >= 11 is 0.756. The Bertz CT molecular complexity index is 776. The maximum absolute atomic E-state index is 14.8. The van der Waals surface area contributed by atoms with Gasteiger partial charge in [0.25, 0.3) is 0 Å². The first-order valence-electron chi connectivity index (χ1n) is 6.42. The molecule has 0 saturated carbocycles. The van der Waals surface area contributed by atoms with Crippen molar-refractivity contribution in [3.63, 3.8) is 0 Å². The van der Waals surface area contributed by atoms with E-state index in [0.717, 1.165) is 34.5 Å². The fourth-order valence-corrected chi connectivity index (χ4v) is 2.85. The van der Waals surface area contributed by atoms with E-state index in [9.17, 15) is 17.6 Å². The Balaban J connectivity index is 2.06. The standard InChI is InChI=1S/C13H9F4N5S/c14-8-1-2-9(11(15)5-8)10(6-22-7-19-20-21-22)13(16,17)12-18-3-4-23-12/h1-5,7,10H,6H2. The predicted molar refractivity (Wildman–Crippen MR) is 72.9 cm³/mol. The molecule has 3 rings (SSSR count). The molecule has 1 aromatic carbocycles. The molecule has 0 spiro atoms. The average molecular weight is 343 g/mol. The minimum Gasteiger partial charge on any atom is -0.243 e. The number of alkyl halides is 2. The Morgan fingerprint density at radius 3 is 2.70 bits per heavy atom. The van der Waals surface area contributed by atoms with Crippen molar-refractivity contribution in [3.05, 3.63) is 58.3 Å². The minimum atomic E-state index is -3.47. The Morgan fingerprint density at radius 1 is 1.26 bits per heavy atom. The van der Waals surface area contributed by atoms with Crippen LogP contribution >= 0.6 is 11.3 Å². The number of benzene rings is 1. The van der Waals surface area contributed by atoms with Crippen LogP contribution in [0.2, 0.25) is 0 Å². The number of thiazole rings is 1. The van der Waals surface area contributed by atoms with E-state index in [1.54, 1.807) is 0 Å². The number of rotatable bonds is 5. The van der Waals surface area contributed by atoms with E-state index in [-0.39, 0.29) is 12.1 Å². The van der Waals surface area contributed by atoms with Crippen LogP contribution < -0.4 is 0 Å². The number of hydrogen-bond donors (Lipinski definition) is 0. The second-order valence-corrected chi connectivity index (χ2v) is 5.61. The Morgan fingerprint density at radius 2 is 2.09 bits per heavy atom. The quantitative estimate of drug-likeness (QED) is 0.669. The van der Waals surface area contributed by atoms with Crippen LogP contribution in [0.5, 0.6) is 0 Å². The lowest BCUT2D eigenvalue weighted by molar-refractivity contribution is -0.0416. The van der Waals surface area contributed by atoms with E-state index in [1.165, 1.54) is 11.6 Å². The second-order valence-electron chi connectivity index (χ2n) is 4.71. The highest BCUT2D eigenvalue weighted by atomic mass is 32.1. The fraction of sp³-hybridized carbons (Fsp3) is 0.231. The maximum atomic E-state index is 14.8. The van der Waals surface area contributed by atoms with E-state index < -0.39 is 28.5 Å². The van der Waals surface area contributed by atoms with Crippen molar-refractivity contribution in [1.82, 2.24) is 25.2 Å². The van der Waals surface area contributed by atoms with Crippen molar-refractivity contribution in [1.29, 1.82) is 0 Å². The summed E-state index contributed by atoms with van der Waals surface area (Å²) in [6.45, 7) is -0.387. The Hall–Kier alpha value is -2.36. The van der Waals surface area contributed by atoms with Crippen molar-refractivity contribution in [3.8, 4) is 0 Å². The van der Waals surface area contributed by atoms with Gasteiger partial charge in [-0.1, -0.05) is 6.07 Å². The van der Waals surface area contributed by atoms with Gasteiger partial charge in [-0.3, -0.25) is 0 Å². The molecular formula is C13H9F4N5S. The van der Waals surface area contributed by atoms with Crippen LogP contribution in [0.4, 0.5) is 17.6 Å². The zero-order valence-corrected chi connectivity index (χ0v) is 12.2. The maximum Gasteiger partial charge on any atom is 0.307 e. The van der Waals surface area contributed by atoms with Crippen LogP contribution in [0.15, 0.2) is 36.1 Å². The molecule has 0 bridgehead atoms. The summed E-state index contributed by atoms with van der Waals surface area (Å²) in [5, 5.41) is 11.2. The van der Waals surface area contributed by atoms with E-state index in [2.05, 4.69) is 20.5 Å². The fourth-order valence-electron chi connectivity index (χ4n) is 2.18. The van der Waals surface area contributed by atoms with Gasteiger partial charge >= 0.3 is 5.92 Å². The number of halogens is 4. The highest BCUT2D eigenvalue weighted by Gasteiger charge is 2.46. The number of nitrogens with zero attached hydrogens (tertiary/aromatic N) is 5. The molecule has 0 saturated heterocycles. The first-order valence-corrected chi connectivity index (χ1v) is 7.30. The summed E-state index contributed by atoms with van der Waals surface area (Å²) in [5.41, 5.74) is -0.331. The molecule has 0 aliphatic carbocycles. The van der Waals surface area contributed by atoms with Crippen molar-refractivity contribution < 1.29 is 17.6 Å². The number of aromatic nitrogens is 5. The van der Waals surface area contributed by atoms with E-state index >= 15 is 0 Å². The van der Waals surface area contributed by atoms with Crippen molar-refractivity contribution in [2.24, 2.45) is 0 Å². The largest absolute Gasteiger partial charge is 0.307 e. The Labute approximate surface area is 131 Å². The molecule has 0 radical (unpaired) electrons. The van der Waals surface area contributed by atoms with Gasteiger partial charge in [-0.2, -0.15) is 8.78 Å². The molecule has 1 atom stereocenters. The highest BCUT2D eigenvalue weighted by molar-refractivity contribution is 7.09. The van der Waals surface area contributed by atoms with Crippen molar-refractivity contribution >= 4 is 11.3 Å². The molecule has 2 heterocycles. The van der Waals surface area contributed by atoms with Crippen LogP contribution in [0, 0.1) is 11.6 Å². The topological polar surface area (TPSA) is 56.5 Å². The molecule has 0 fully saturated rings. The van der Waals surface area contributed by atoms with Gasteiger partial charge in [-0.25, -0.2) is 18.4 Å². The molecule has 1 unspecified atom stereocenters. The van der Waals surface area contributed by atoms with Crippen LogP contribution in [0.1, 0.15) is 16.5 Å². The zero-order valence-electron chi connectivity index (χ0n) is 11.4. The van der Waals surface area contributed by atoms with Gasteiger partial charge in [0.2, 0.25) is 0 Å². The number of tetrazole rings is 1. The van der Waals surface area contributed by atoms with Crippen molar-refractivity contribution in [2.75, 3.05) is 0 Å². The molecular weight excluding hydrogens is 334 g/mol. The monoisotopic (exact) mass is 343 g/mol. The molecule has 120 valence electrons. The second kappa shape index (κ2) is 6.03. The molecule has 2 aromatic heterocycles. The van der Waals surface area contributed by atoms with Gasteiger partial charge in [-0.15, -0.1) is 16.4 Å². The van der Waals surface area contributed by atoms with Gasteiger partial charge in [-0.05, 0) is 22.1 Å². The van der Waals surface area contributed by atoms with Crippen LogP contribution in [-0.4, -0.2) is 25.2 Å². The van der Waals surface area contributed by atoms with E-state index in [4.69, 9.17) is 0 Å². The molecule has 10 heteroatoms.